The van der Waals surface area contributed by atoms with E-state index < -0.39 is 0 Å². The van der Waals surface area contributed by atoms with Gasteiger partial charge in [0.15, 0.2) is 5.78 Å². The van der Waals surface area contributed by atoms with Gasteiger partial charge in [-0.2, -0.15) is 0 Å². The van der Waals surface area contributed by atoms with Crippen LogP contribution in [0.4, 0.5) is 0 Å². The molecule has 4 rings (SSSR count). The molecule has 0 saturated heterocycles. The molecule has 0 aliphatic rings. The summed E-state index contributed by atoms with van der Waals surface area (Å²) in [4.78, 5) is 28.5. The summed E-state index contributed by atoms with van der Waals surface area (Å²) in [5.74, 6) is 0.822. The van der Waals surface area contributed by atoms with Crippen molar-refractivity contribution < 1.29 is 9.21 Å². The Balaban J connectivity index is 1.70. The number of benzene rings is 1. The summed E-state index contributed by atoms with van der Waals surface area (Å²) in [6.07, 6.45) is 1.63. The first-order valence-corrected chi connectivity index (χ1v) is 10.6. The van der Waals surface area contributed by atoms with Crippen molar-refractivity contribution in [3.63, 3.8) is 0 Å². The molecule has 0 amide bonds. The predicted octanol–water partition coefficient (Wildman–Crippen LogP) is 3.80. The van der Waals surface area contributed by atoms with Gasteiger partial charge < -0.3 is 8.98 Å². The molecule has 7 heteroatoms. The van der Waals surface area contributed by atoms with Gasteiger partial charge in [0.05, 0.1) is 30.7 Å². The molecule has 0 fully saturated rings. The van der Waals surface area contributed by atoms with Gasteiger partial charge in [-0.15, -0.1) is 0 Å². The number of para-hydroxylation sites is 1. The molecular formula is C25H28N4O3. The summed E-state index contributed by atoms with van der Waals surface area (Å²) in [7, 11) is 3.76. The molecule has 1 aromatic carbocycles. The number of carbonyl (C=O) groups is 1. The summed E-state index contributed by atoms with van der Waals surface area (Å²) in [6.45, 7) is 6.55. The Kier molecular flexibility index (Phi) is 5.76. The minimum atomic E-state index is -0.119. The maximum absolute atomic E-state index is 13.5. The second kappa shape index (κ2) is 8.51. The first kappa shape index (κ1) is 21.6. The van der Waals surface area contributed by atoms with Gasteiger partial charge in [-0.1, -0.05) is 18.2 Å². The number of rotatable bonds is 7. The summed E-state index contributed by atoms with van der Waals surface area (Å²) in [5, 5.41) is 0. The van der Waals surface area contributed by atoms with Gasteiger partial charge in [0, 0.05) is 24.0 Å². The van der Waals surface area contributed by atoms with Crippen LogP contribution in [0.3, 0.4) is 0 Å². The number of aryl methyl sites for hydroxylation is 1. The largest absolute Gasteiger partial charge is 0.468 e. The quantitative estimate of drug-likeness (QED) is 0.417. The molecule has 32 heavy (non-hydrogen) atoms. The lowest BCUT2D eigenvalue weighted by molar-refractivity contribution is 0.0939. The van der Waals surface area contributed by atoms with Gasteiger partial charge in [0.1, 0.15) is 11.4 Å². The molecular weight excluding hydrogens is 404 g/mol. The second-order valence-electron chi connectivity index (χ2n) is 8.21. The molecule has 0 aliphatic carbocycles. The van der Waals surface area contributed by atoms with E-state index in [1.165, 1.54) is 0 Å². The molecule has 0 radical (unpaired) electrons. The monoisotopic (exact) mass is 432 g/mol. The number of hydrogen-bond acceptors (Lipinski definition) is 4. The van der Waals surface area contributed by atoms with Crippen molar-refractivity contribution in [2.45, 2.75) is 27.3 Å². The fourth-order valence-electron chi connectivity index (χ4n) is 4.26. The third-order valence-electron chi connectivity index (χ3n) is 5.90. The summed E-state index contributed by atoms with van der Waals surface area (Å²) < 4.78 is 10.8. The van der Waals surface area contributed by atoms with Gasteiger partial charge >= 0.3 is 0 Å². The Bertz CT molecular complexity index is 1310. The maximum Gasteiger partial charge on any atom is 0.295 e. The number of nitrogens with zero attached hydrogens (tertiary/aromatic N) is 4. The normalized spacial score (nSPS) is 11.4. The van der Waals surface area contributed by atoms with Crippen molar-refractivity contribution in [2.75, 3.05) is 13.6 Å². The third-order valence-corrected chi connectivity index (χ3v) is 5.90. The van der Waals surface area contributed by atoms with E-state index in [4.69, 9.17) is 4.42 Å². The van der Waals surface area contributed by atoms with E-state index in [-0.39, 0.29) is 17.9 Å². The highest BCUT2D eigenvalue weighted by molar-refractivity contribution is 5.99. The molecule has 0 unspecified atom stereocenters. The molecule has 0 atom stereocenters. The molecule has 0 aliphatic heterocycles. The highest BCUT2D eigenvalue weighted by Crippen LogP contribution is 2.23. The average Bonchev–Trinajstić information content (AvgIpc) is 3.42. The van der Waals surface area contributed by atoms with E-state index in [0.717, 1.165) is 28.5 Å². The summed E-state index contributed by atoms with van der Waals surface area (Å²) in [5.41, 5.74) is 4.32. The topological polar surface area (TPSA) is 65.3 Å². The fourth-order valence-corrected chi connectivity index (χ4v) is 4.26. The van der Waals surface area contributed by atoms with E-state index in [1.54, 1.807) is 10.9 Å². The molecule has 0 N–H and O–H groups in total. The molecule has 0 bridgehead atoms. The Labute approximate surface area is 187 Å². The molecule has 0 spiro atoms. The van der Waals surface area contributed by atoms with Gasteiger partial charge in [0.2, 0.25) is 0 Å². The highest BCUT2D eigenvalue weighted by atomic mass is 16.3. The van der Waals surface area contributed by atoms with Crippen LogP contribution < -0.4 is 5.56 Å². The highest BCUT2D eigenvalue weighted by Gasteiger charge is 2.24. The maximum atomic E-state index is 13.5. The number of furan rings is 1. The second-order valence-corrected chi connectivity index (χ2v) is 8.21. The van der Waals surface area contributed by atoms with Crippen LogP contribution in [-0.4, -0.2) is 38.2 Å². The predicted molar refractivity (Wildman–Crippen MR) is 124 cm³/mol. The van der Waals surface area contributed by atoms with Crippen molar-refractivity contribution in [2.24, 2.45) is 7.05 Å². The van der Waals surface area contributed by atoms with Crippen LogP contribution in [0.1, 0.15) is 33.2 Å². The van der Waals surface area contributed by atoms with E-state index in [2.05, 4.69) is 0 Å². The van der Waals surface area contributed by atoms with E-state index >= 15 is 0 Å². The van der Waals surface area contributed by atoms with E-state index in [9.17, 15) is 9.59 Å². The zero-order chi connectivity index (χ0) is 23.0. The zero-order valence-electron chi connectivity index (χ0n) is 19.1. The Morgan fingerprint density at radius 1 is 1.03 bits per heavy atom. The number of ketones is 1. The SMILES string of the molecule is Cc1cc(C(=O)CN(C)Cc2ccco2)c(C)n1-c1c(C)n(C)n(-c2ccccc2)c1=O. The number of carbonyl (C=O) groups excluding carboxylic acids is 1. The van der Waals surface area contributed by atoms with Crippen LogP contribution >= 0.6 is 0 Å². The van der Waals surface area contributed by atoms with E-state index in [1.807, 2.05) is 97.5 Å². The fraction of sp³-hybridized carbons (Fsp3) is 0.280. The van der Waals surface area contributed by atoms with Crippen LogP contribution in [0.15, 0.2) is 64.0 Å². The van der Waals surface area contributed by atoms with Crippen molar-refractivity contribution in [1.82, 2.24) is 18.8 Å². The van der Waals surface area contributed by atoms with Crippen molar-refractivity contribution in [1.29, 1.82) is 0 Å². The zero-order valence-corrected chi connectivity index (χ0v) is 19.1. The average molecular weight is 433 g/mol. The van der Waals surface area contributed by atoms with Crippen LogP contribution in [0.2, 0.25) is 0 Å². The van der Waals surface area contributed by atoms with Crippen LogP contribution in [0.25, 0.3) is 11.4 Å². The number of hydrogen-bond donors (Lipinski definition) is 0. The van der Waals surface area contributed by atoms with Gasteiger partial charge in [-0.3, -0.25) is 19.2 Å². The molecule has 3 aromatic heterocycles. The summed E-state index contributed by atoms with van der Waals surface area (Å²) in [6, 6.07) is 15.2. The van der Waals surface area contributed by atoms with Crippen LogP contribution in [0, 0.1) is 20.8 Å². The van der Waals surface area contributed by atoms with Crippen LogP contribution in [-0.2, 0) is 13.6 Å². The lowest BCUT2D eigenvalue weighted by Crippen LogP contribution is -2.26. The third kappa shape index (κ3) is 3.76. The lowest BCUT2D eigenvalue weighted by atomic mass is 10.1. The standard InChI is InChI=1S/C25H28N4O3/c1-17-14-22(23(30)16-26(4)15-21-12-9-13-32-21)18(2)28(17)24-19(3)27(5)29(25(24)31)20-10-7-6-8-11-20/h6-14H,15-16H2,1-5H3. The number of aromatic nitrogens is 3. The van der Waals surface area contributed by atoms with Crippen molar-refractivity contribution in [3.05, 3.63) is 93.6 Å². The minimum Gasteiger partial charge on any atom is -0.468 e. The Morgan fingerprint density at radius 3 is 2.41 bits per heavy atom. The minimum absolute atomic E-state index is 0.00961. The Morgan fingerprint density at radius 2 is 1.75 bits per heavy atom. The first-order chi connectivity index (χ1) is 15.3. The molecule has 3 heterocycles. The molecule has 0 saturated carbocycles. The Hall–Kier alpha value is -3.58. The van der Waals surface area contributed by atoms with Gasteiger partial charge in [-0.05, 0) is 58.2 Å². The number of Topliss-reactive ketones (excluding diaryl/α,β-unsaturated/α-hetero) is 1. The van der Waals surface area contributed by atoms with E-state index in [0.29, 0.717) is 17.8 Å². The molecule has 4 aromatic rings. The molecule has 166 valence electrons. The van der Waals surface area contributed by atoms with Gasteiger partial charge in [0.25, 0.3) is 5.56 Å². The lowest BCUT2D eigenvalue weighted by Gasteiger charge is -2.14. The van der Waals surface area contributed by atoms with Crippen molar-refractivity contribution in [3.8, 4) is 11.4 Å². The summed E-state index contributed by atoms with van der Waals surface area (Å²) >= 11 is 0. The van der Waals surface area contributed by atoms with Crippen molar-refractivity contribution >= 4 is 5.78 Å². The first-order valence-electron chi connectivity index (χ1n) is 10.6. The number of likely N-dealkylation sites (N-methyl/N-ethyl adjacent to an activating group) is 1. The van der Waals surface area contributed by atoms with Gasteiger partial charge in [-0.25, -0.2) is 4.68 Å². The molecule has 7 nitrogen and oxygen atoms in total. The van der Waals surface area contributed by atoms with Crippen LogP contribution in [0.5, 0.6) is 0 Å². The smallest absolute Gasteiger partial charge is 0.295 e.